The Labute approximate surface area is 243 Å². The molecule has 0 aliphatic carbocycles. The number of ether oxygens (including phenoxy) is 2. The van der Waals surface area contributed by atoms with Crippen molar-refractivity contribution in [1.29, 1.82) is 0 Å². The van der Waals surface area contributed by atoms with Gasteiger partial charge in [0.15, 0.2) is 6.10 Å². The molecule has 1 N–H and O–H groups in total. The van der Waals surface area contributed by atoms with E-state index in [1.54, 1.807) is 20.8 Å². The van der Waals surface area contributed by atoms with E-state index in [1.165, 1.54) is 4.90 Å². The molecule has 2 unspecified atom stereocenters. The fraction of sp³-hybridized carbons (Fsp3) is 0.452. The molecule has 2 amide bonds. The minimum Gasteiger partial charge on any atom is -0.448 e. The maximum atomic E-state index is 14.1. The topological polar surface area (TPSA) is 102 Å². The molecular weight excluding hydrogens is 542 g/mol. The molecule has 0 radical (unpaired) electrons. The molecule has 0 bridgehead atoms. The van der Waals surface area contributed by atoms with Crippen molar-refractivity contribution in [1.82, 2.24) is 10.2 Å². The van der Waals surface area contributed by atoms with Crippen LogP contribution in [0.15, 0.2) is 71.9 Å². The second kappa shape index (κ2) is 11.4. The number of nitrogens with one attached hydrogen (secondary N) is 1. The Balaban J connectivity index is 1.49. The van der Waals surface area contributed by atoms with Crippen LogP contribution in [0.4, 0.5) is 4.79 Å². The third-order valence-electron chi connectivity index (χ3n) is 7.72. The van der Waals surface area contributed by atoms with E-state index in [-0.39, 0.29) is 11.4 Å². The zero-order valence-electron chi connectivity index (χ0n) is 24.0. The molecule has 2 aromatic carbocycles. The number of hydrogen-bond donors (Lipinski definition) is 1. The van der Waals surface area contributed by atoms with Crippen LogP contribution in [0.1, 0.15) is 50.8 Å². The normalized spacial score (nSPS) is 23.6. The first-order valence-corrected chi connectivity index (χ1v) is 15.4. The van der Waals surface area contributed by atoms with Crippen LogP contribution in [0, 0.1) is 0 Å². The van der Waals surface area contributed by atoms with Crippen molar-refractivity contribution in [2.45, 2.75) is 56.7 Å². The van der Waals surface area contributed by atoms with Crippen molar-refractivity contribution in [3.63, 3.8) is 0 Å². The van der Waals surface area contributed by atoms with Crippen molar-refractivity contribution in [2.75, 3.05) is 32.4 Å². The highest BCUT2D eigenvalue weighted by Crippen LogP contribution is 2.38. The third kappa shape index (κ3) is 6.23. The van der Waals surface area contributed by atoms with E-state index >= 15 is 0 Å². The average Bonchev–Trinajstić information content (AvgIpc) is 3.35. The molecule has 3 heterocycles. The lowest BCUT2D eigenvalue weighted by Gasteiger charge is -2.49. The number of carbonyl (C=O) groups excluding carboxylic acids is 3. The Morgan fingerprint density at radius 2 is 1.59 bits per heavy atom. The van der Waals surface area contributed by atoms with Crippen molar-refractivity contribution in [2.24, 2.45) is 0 Å². The van der Waals surface area contributed by atoms with Gasteiger partial charge in [0.05, 0.1) is 36.7 Å². The molecule has 2 fully saturated rings. The summed E-state index contributed by atoms with van der Waals surface area (Å²) in [5.41, 5.74) is 1.62. The summed E-state index contributed by atoms with van der Waals surface area (Å²) in [5, 5.41) is 1.70. The molecule has 41 heavy (non-hydrogen) atoms. The van der Waals surface area contributed by atoms with E-state index in [4.69, 9.17) is 9.47 Å². The lowest BCUT2D eigenvalue weighted by atomic mass is 10.0. The quantitative estimate of drug-likeness (QED) is 0.305. The molecule has 5 rings (SSSR count). The number of esters is 1. The fourth-order valence-electron chi connectivity index (χ4n) is 5.86. The van der Waals surface area contributed by atoms with Crippen LogP contribution < -0.4 is 5.32 Å². The van der Waals surface area contributed by atoms with Gasteiger partial charge in [0.2, 0.25) is 0 Å². The highest BCUT2D eigenvalue weighted by molar-refractivity contribution is 7.86. The van der Waals surface area contributed by atoms with E-state index in [0.717, 1.165) is 37.1 Å². The predicted octanol–water partition coefficient (Wildman–Crippen LogP) is 3.64. The van der Waals surface area contributed by atoms with Crippen molar-refractivity contribution in [3.05, 3.63) is 83.1 Å². The van der Waals surface area contributed by atoms with Crippen LogP contribution in [0.5, 0.6) is 0 Å². The molecule has 10 heteroatoms. The number of hydrogen-bond acceptors (Lipinski definition) is 6. The number of amides is 2. The summed E-state index contributed by atoms with van der Waals surface area (Å²) in [4.78, 5) is 41.4. The molecule has 0 spiro atoms. The van der Waals surface area contributed by atoms with Gasteiger partial charge in [-0.3, -0.25) is 13.9 Å². The highest BCUT2D eigenvalue weighted by Gasteiger charge is 2.58. The molecule has 218 valence electrons. The summed E-state index contributed by atoms with van der Waals surface area (Å²) >= 11 is 0. The van der Waals surface area contributed by atoms with Gasteiger partial charge in [-0.1, -0.05) is 60.7 Å². The average molecular weight is 581 g/mol. The zero-order chi connectivity index (χ0) is 29.4. The number of likely N-dealkylation sites (tertiary alicyclic amines) is 1. The summed E-state index contributed by atoms with van der Waals surface area (Å²) in [5.74, 6) is -1.02. The van der Waals surface area contributed by atoms with Gasteiger partial charge in [-0.2, -0.15) is 0 Å². The van der Waals surface area contributed by atoms with Crippen LogP contribution in [0.3, 0.4) is 0 Å². The Morgan fingerprint density at radius 3 is 2.12 bits per heavy atom. The first-order valence-electron chi connectivity index (χ1n) is 14.0. The van der Waals surface area contributed by atoms with Crippen LogP contribution in [0.25, 0.3) is 0 Å². The SMILES string of the molecule is CC(C)(C)OC(=O)NC1C(=O)N2C(C(=O)OC(c3ccccc3)c3ccccc3)=C(C[N+]3(C)CCCC3)CS(=O)[C@H]12. The number of fused-ring (bicyclic) bond motifs is 1. The third-order valence-corrected chi connectivity index (χ3v) is 9.37. The van der Waals surface area contributed by atoms with Crippen LogP contribution in [0.2, 0.25) is 0 Å². The number of quaternary nitrogens is 1. The number of likely N-dealkylation sites (N-methyl/N-ethyl adjacent to an activating group) is 1. The first kappa shape index (κ1) is 29.0. The monoisotopic (exact) mass is 580 g/mol. The summed E-state index contributed by atoms with van der Waals surface area (Å²) in [6.45, 7) is 7.55. The second-order valence-corrected chi connectivity index (χ2v) is 13.8. The van der Waals surface area contributed by atoms with E-state index in [0.29, 0.717) is 16.6 Å². The molecular formula is C31H38N3O6S+. The molecule has 0 aromatic heterocycles. The van der Waals surface area contributed by atoms with Crippen LogP contribution in [-0.4, -0.2) is 81.0 Å². The summed E-state index contributed by atoms with van der Waals surface area (Å²) in [7, 11) is 0.595. The van der Waals surface area contributed by atoms with E-state index < -0.39 is 51.9 Å². The molecule has 2 saturated heterocycles. The first-order chi connectivity index (χ1) is 19.5. The molecule has 3 aliphatic heterocycles. The lowest BCUT2D eigenvalue weighted by Crippen LogP contribution is -2.74. The maximum Gasteiger partial charge on any atom is 0.408 e. The van der Waals surface area contributed by atoms with E-state index in [9.17, 15) is 18.6 Å². The highest BCUT2D eigenvalue weighted by atomic mass is 32.2. The number of alkyl carbamates (subject to hydrolysis) is 1. The smallest absolute Gasteiger partial charge is 0.408 e. The van der Waals surface area contributed by atoms with Crippen LogP contribution in [-0.2, 0) is 29.9 Å². The molecule has 3 atom stereocenters. The number of rotatable bonds is 7. The van der Waals surface area contributed by atoms with Gasteiger partial charge in [-0.15, -0.1) is 0 Å². The zero-order valence-corrected chi connectivity index (χ0v) is 24.8. The standard InChI is InChI=1S/C31H37N3O6S/c1-31(2,3)40-30(37)32-24-27(35)33-25(23(20-41(38)28(24)33)19-34(4)17-11-12-18-34)29(36)39-26(21-13-7-5-8-14-21)22-15-9-6-10-16-22/h5-10,13-16,24,26,28H,11-12,17-20H2,1-4H3/p+1/t24?,28-,41?/m1/s1. The predicted molar refractivity (Wildman–Crippen MR) is 155 cm³/mol. The van der Waals surface area contributed by atoms with Crippen molar-refractivity contribution in [3.8, 4) is 0 Å². The summed E-state index contributed by atoms with van der Waals surface area (Å²) in [6.07, 6.45) is 0.677. The van der Waals surface area contributed by atoms with Crippen molar-refractivity contribution >= 4 is 28.8 Å². The van der Waals surface area contributed by atoms with Gasteiger partial charge in [0.25, 0.3) is 5.91 Å². The van der Waals surface area contributed by atoms with Gasteiger partial charge >= 0.3 is 12.1 Å². The lowest BCUT2D eigenvalue weighted by molar-refractivity contribution is -0.893. The van der Waals surface area contributed by atoms with Gasteiger partial charge in [-0.05, 0) is 31.9 Å². The number of β-lactam (4-membered cyclic amide) rings is 1. The molecule has 0 saturated carbocycles. The number of nitrogens with zero attached hydrogens (tertiary/aromatic N) is 2. The minimum absolute atomic E-state index is 0.126. The maximum absolute atomic E-state index is 14.1. The fourth-order valence-corrected chi connectivity index (χ4v) is 7.54. The largest absolute Gasteiger partial charge is 0.448 e. The summed E-state index contributed by atoms with van der Waals surface area (Å²) in [6, 6.07) is 17.8. The Hall–Kier alpha value is -3.50. The van der Waals surface area contributed by atoms with Gasteiger partial charge in [0, 0.05) is 18.4 Å². The number of benzene rings is 2. The summed E-state index contributed by atoms with van der Waals surface area (Å²) < 4.78 is 25.8. The molecule has 2 aromatic rings. The Kier molecular flexibility index (Phi) is 8.07. The molecule has 9 nitrogen and oxygen atoms in total. The van der Waals surface area contributed by atoms with Crippen molar-refractivity contribution < 1.29 is 32.5 Å². The Bertz CT molecular complexity index is 1330. The Morgan fingerprint density at radius 1 is 1.02 bits per heavy atom. The van der Waals surface area contributed by atoms with E-state index in [2.05, 4.69) is 12.4 Å². The van der Waals surface area contributed by atoms with Gasteiger partial charge in [0.1, 0.15) is 29.3 Å². The second-order valence-electron chi connectivity index (χ2n) is 12.2. The number of carbonyl (C=O) groups is 3. The van der Waals surface area contributed by atoms with Gasteiger partial charge in [-0.25, -0.2) is 9.59 Å². The van der Waals surface area contributed by atoms with E-state index in [1.807, 2.05) is 60.7 Å². The van der Waals surface area contributed by atoms with Gasteiger partial charge < -0.3 is 19.3 Å². The minimum atomic E-state index is -1.53. The van der Waals surface area contributed by atoms with Crippen LogP contribution >= 0.6 is 0 Å². The molecule has 3 aliphatic rings.